The molecule has 0 aliphatic heterocycles. The number of esters is 1. The molecule has 0 unspecified atom stereocenters. The van der Waals surface area contributed by atoms with Gasteiger partial charge in [0.1, 0.15) is 0 Å². The van der Waals surface area contributed by atoms with Gasteiger partial charge in [-0.1, -0.05) is 6.92 Å². The number of nitrogens with zero attached hydrogens (tertiary/aromatic N) is 1. The number of ether oxygens (including phenoxy) is 1. The lowest BCUT2D eigenvalue weighted by Gasteiger charge is -2.29. The van der Waals surface area contributed by atoms with Gasteiger partial charge in [-0.05, 0) is 18.6 Å². The minimum Gasteiger partial charge on any atom is -0.465 e. The first-order valence-corrected chi connectivity index (χ1v) is 6.10. The zero-order valence-electron chi connectivity index (χ0n) is 11.2. The van der Waals surface area contributed by atoms with E-state index in [0.29, 0.717) is 24.2 Å². The van der Waals surface area contributed by atoms with Crippen LogP contribution in [0.2, 0.25) is 0 Å². The van der Waals surface area contributed by atoms with E-state index in [1.165, 1.54) is 13.3 Å². The van der Waals surface area contributed by atoms with Gasteiger partial charge in [-0.3, -0.25) is 4.98 Å². The number of aromatic nitrogens is 1. The maximum atomic E-state index is 11.2. The number of nitrogens with one attached hydrogen (secondary N) is 1. The number of carbonyl (C=O) groups excluding carboxylic acids is 1. The van der Waals surface area contributed by atoms with Crippen LogP contribution in [0.4, 0.5) is 0 Å². The molecule has 0 fully saturated rings. The zero-order valence-corrected chi connectivity index (χ0v) is 11.2. The Morgan fingerprint density at radius 3 is 2.53 bits per heavy atom. The summed E-state index contributed by atoms with van der Waals surface area (Å²) < 4.78 is 4.58. The van der Waals surface area contributed by atoms with E-state index < -0.39 is 11.5 Å². The number of methoxy groups -OCH3 is 1. The van der Waals surface area contributed by atoms with Crippen LogP contribution in [0, 0.1) is 0 Å². The number of aliphatic hydroxyl groups excluding tert-OH is 2. The standard InChI is InChI=1S/C13H20N2O4/c1-3-13(8-16,9-17)15-7-11-5-4-10(6-14-11)12(18)19-2/h4-6,15-17H,3,7-9H2,1-2H3. The van der Waals surface area contributed by atoms with Crippen LogP contribution in [0.25, 0.3) is 0 Å². The van der Waals surface area contributed by atoms with Gasteiger partial charge in [-0.2, -0.15) is 0 Å². The van der Waals surface area contributed by atoms with Crippen LogP contribution in [-0.2, 0) is 11.3 Å². The molecule has 0 saturated carbocycles. The first kappa shape index (κ1) is 15.6. The van der Waals surface area contributed by atoms with Gasteiger partial charge in [-0.25, -0.2) is 4.79 Å². The summed E-state index contributed by atoms with van der Waals surface area (Å²) in [4.78, 5) is 15.4. The van der Waals surface area contributed by atoms with E-state index in [1.807, 2.05) is 6.92 Å². The number of carbonyl (C=O) groups is 1. The Morgan fingerprint density at radius 1 is 1.42 bits per heavy atom. The maximum absolute atomic E-state index is 11.2. The molecular weight excluding hydrogens is 248 g/mol. The molecule has 106 valence electrons. The smallest absolute Gasteiger partial charge is 0.339 e. The van der Waals surface area contributed by atoms with E-state index in [1.54, 1.807) is 12.1 Å². The first-order valence-electron chi connectivity index (χ1n) is 6.10. The normalized spacial score (nSPS) is 11.4. The van der Waals surface area contributed by atoms with Crippen LogP contribution in [0.1, 0.15) is 29.4 Å². The Kier molecular flexibility index (Phi) is 5.88. The van der Waals surface area contributed by atoms with Crippen molar-refractivity contribution in [3.05, 3.63) is 29.6 Å². The molecule has 6 nitrogen and oxygen atoms in total. The first-order chi connectivity index (χ1) is 9.10. The summed E-state index contributed by atoms with van der Waals surface area (Å²) >= 11 is 0. The predicted octanol–water partition coefficient (Wildman–Crippen LogP) is 0.0912. The molecule has 3 N–H and O–H groups in total. The fraction of sp³-hybridized carbons (Fsp3) is 0.538. The highest BCUT2D eigenvalue weighted by Gasteiger charge is 2.25. The molecule has 0 aliphatic carbocycles. The largest absolute Gasteiger partial charge is 0.465 e. The fourth-order valence-electron chi connectivity index (χ4n) is 1.56. The fourth-order valence-corrected chi connectivity index (χ4v) is 1.56. The summed E-state index contributed by atoms with van der Waals surface area (Å²) in [6.07, 6.45) is 2.04. The summed E-state index contributed by atoms with van der Waals surface area (Å²) in [5, 5.41) is 21.7. The summed E-state index contributed by atoms with van der Waals surface area (Å²) in [5.74, 6) is -0.430. The summed E-state index contributed by atoms with van der Waals surface area (Å²) in [7, 11) is 1.32. The molecule has 0 spiro atoms. The predicted molar refractivity (Wildman–Crippen MR) is 69.6 cm³/mol. The van der Waals surface area contributed by atoms with Gasteiger partial charge in [0.25, 0.3) is 0 Å². The number of rotatable bonds is 7. The van der Waals surface area contributed by atoms with E-state index in [2.05, 4.69) is 15.0 Å². The van der Waals surface area contributed by atoms with Crippen molar-refractivity contribution in [1.29, 1.82) is 0 Å². The van der Waals surface area contributed by atoms with Crippen molar-refractivity contribution in [1.82, 2.24) is 10.3 Å². The van der Waals surface area contributed by atoms with Gasteiger partial charge >= 0.3 is 5.97 Å². The van der Waals surface area contributed by atoms with E-state index in [-0.39, 0.29) is 13.2 Å². The maximum Gasteiger partial charge on any atom is 0.339 e. The SMILES string of the molecule is CCC(CO)(CO)NCc1ccc(C(=O)OC)cn1. The third-order valence-corrected chi connectivity index (χ3v) is 3.17. The van der Waals surface area contributed by atoms with Crippen molar-refractivity contribution in [2.75, 3.05) is 20.3 Å². The van der Waals surface area contributed by atoms with Crippen LogP contribution in [0.5, 0.6) is 0 Å². The molecule has 1 heterocycles. The van der Waals surface area contributed by atoms with E-state index in [0.717, 1.165) is 0 Å². The van der Waals surface area contributed by atoms with Gasteiger partial charge in [0, 0.05) is 12.7 Å². The molecule has 0 atom stereocenters. The lowest BCUT2D eigenvalue weighted by atomic mass is 9.98. The number of hydrogen-bond donors (Lipinski definition) is 3. The van der Waals surface area contributed by atoms with Gasteiger partial charge in [-0.15, -0.1) is 0 Å². The van der Waals surface area contributed by atoms with Crippen molar-refractivity contribution in [2.45, 2.75) is 25.4 Å². The van der Waals surface area contributed by atoms with Crippen LogP contribution in [0.15, 0.2) is 18.3 Å². The Morgan fingerprint density at radius 2 is 2.11 bits per heavy atom. The van der Waals surface area contributed by atoms with E-state index >= 15 is 0 Å². The number of hydrogen-bond acceptors (Lipinski definition) is 6. The lowest BCUT2D eigenvalue weighted by Crippen LogP contribution is -2.50. The molecule has 1 aromatic heterocycles. The van der Waals surface area contributed by atoms with Crippen molar-refractivity contribution < 1.29 is 19.7 Å². The van der Waals surface area contributed by atoms with Crippen molar-refractivity contribution in [2.24, 2.45) is 0 Å². The molecule has 0 aliphatic rings. The summed E-state index contributed by atoms with van der Waals surface area (Å²) in [6, 6.07) is 3.33. The Labute approximate surface area is 112 Å². The quantitative estimate of drug-likeness (QED) is 0.607. The Balaban J connectivity index is 2.66. The molecule has 1 rings (SSSR count). The van der Waals surface area contributed by atoms with Crippen LogP contribution in [0.3, 0.4) is 0 Å². The van der Waals surface area contributed by atoms with Crippen LogP contribution < -0.4 is 5.32 Å². The minimum atomic E-state index is -0.706. The molecular formula is C13H20N2O4. The Hall–Kier alpha value is -1.50. The Bertz CT molecular complexity index is 393. The van der Waals surface area contributed by atoms with Crippen molar-refractivity contribution in [3.8, 4) is 0 Å². The minimum absolute atomic E-state index is 0.153. The highest BCUT2D eigenvalue weighted by molar-refractivity contribution is 5.88. The molecule has 6 heteroatoms. The van der Waals surface area contributed by atoms with Gasteiger partial charge in [0.15, 0.2) is 0 Å². The molecule has 0 aromatic carbocycles. The highest BCUT2D eigenvalue weighted by Crippen LogP contribution is 2.10. The van der Waals surface area contributed by atoms with E-state index in [9.17, 15) is 15.0 Å². The van der Waals surface area contributed by atoms with E-state index in [4.69, 9.17) is 0 Å². The summed E-state index contributed by atoms with van der Waals surface area (Å²) in [6.45, 7) is 1.98. The van der Waals surface area contributed by atoms with Gasteiger partial charge in [0.2, 0.25) is 0 Å². The highest BCUT2D eigenvalue weighted by atomic mass is 16.5. The third kappa shape index (κ3) is 3.99. The van der Waals surface area contributed by atoms with Gasteiger partial charge < -0.3 is 20.3 Å². The van der Waals surface area contributed by atoms with Crippen LogP contribution >= 0.6 is 0 Å². The second kappa shape index (κ2) is 7.18. The summed E-state index contributed by atoms with van der Waals surface area (Å²) in [5.41, 5.74) is 0.396. The monoisotopic (exact) mass is 268 g/mol. The average molecular weight is 268 g/mol. The number of aliphatic hydroxyl groups is 2. The third-order valence-electron chi connectivity index (χ3n) is 3.17. The van der Waals surface area contributed by atoms with Gasteiger partial charge in [0.05, 0.1) is 37.1 Å². The molecule has 0 bridgehead atoms. The topological polar surface area (TPSA) is 91.7 Å². The molecule has 0 amide bonds. The second-order valence-corrected chi connectivity index (χ2v) is 4.33. The number of pyridine rings is 1. The molecule has 0 radical (unpaired) electrons. The molecule has 1 aromatic rings. The van der Waals surface area contributed by atoms with Crippen molar-refractivity contribution in [3.63, 3.8) is 0 Å². The zero-order chi connectivity index (χ0) is 14.3. The lowest BCUT2D eigenvalue weighted by molar-refractivity contribution is 0.0600. The average Bonchev–Trinajstić information content (AvgIpc) is 2.49. The molecule has 0 saturated heterocycles. The van der Waals surface area contributed by atoms with Crippen LogP contribution in [-0.4, -0.2) is 47.0 Å². The second-order valence-electron chi connectivity index (χ2n) is 4.33. The van der Waals surface area contributed by atoms with Crippen molar-refractivity contribution >= 4 is 5.97 Å². The molecule has 19 heavy (non-hydrogen) atoms.